The van der Waals surface area contributed by atoms with Crippen molar-refractivity contribution in [1.82, 2.24) is 10.5 Å². The molecule has 6 heteroatoms. The molecule has 0 aliphatic carbocycles. The second-order valence-electron chi connectivity index (χ2n) is 4.78. The summed E-state index contributed by atoms with van der Waals surface area (Å²) in [6, 6.07) is 7.51. The van der Waals surface area contributed by atoms with E-state index in [-0.39, 0.29) is 5.91 Å². The molecule has 1 aromatic carbocycles. The van der Waals surface area contributed by atoms with Crippen LogP contribution in [-0.4, -0.2) is 17.6 Å². The summed E-state index contributed by atoms with van der Waals surface area (Å²) in [4.78, 5) is 11.8. The number of carbonyl (C=O) groups is 1. The molecule has 112 valence electrons. The highest BCUT2D eigenvalue weighted by atomic mass is 79.9. The van der Waals surface area contributed by atoms with E-state index in [1.807, 2.05) is 38.1 Å². The van der Waals surface area contributed by atoms with Crippen molar-refractivity contribution in [3.05, 3.63) is 45.8 Å². The molecule has 0 radical (unpaired) electrons. The van der Waals surface area contributed by atoms with Gasteiger partial charge in [0.2, 0.25) is 5.91 Å². The number of rotatable bonds is 6. The maximum Gasteiger partial charge on any atom is 0.225 e. The van der Waals surface area contributed by atoms with Crippen LogP contribution in [0.15, 0.2) is 33.3 Å². The van der Waals surface area contributed by atoms with Crippen molar-refractivity contribution < 1.29 is 9.32 Å². The average molecular weight is 352 g/mol. The molecule has 0 fully saturated rings. The molecule has 0 spiro atoms. The molecule has 0 saturated heterocycles. The lowest BCUT2D eigenvalue weighted by Gasteiger charge is -2.06. The number of hydrogen-bond acceptors (Lipinski definition) is 4. The molecule has 0 atom stereocenters. The van der Waals surface area contributed by atoms with E-state index in [2.05, 4.69) is 31.7 Å². The minimum absolute atomic E-state index is 0.0106. The van der Waals surface area contributed by atoms with E-state index in [0.717, 1.165) is 27.2 Å². The molecule has 0 bridgehead atoms. The second kappa shape index (κ2) is 7.38. The monoisotopic (exact) mass is 351 g/mol. The van der Waals surface area contributed by atoms with Crippen molar-refractivity contribution in [3.8, 4) is 0 Å². The van der Waals surface area contributed by atoms with Crippen LogP contribution in [0.5, 0.6) is 0 Å². The third-order valence-electron chi connectivity index (χ3n) is 3.14. The molecule has 2 aromatic rings. The van der Waals surface area contributed by atoms with Gasteiger partial charge in [0.05, 0.1) is 5.69 Å². The minimum atomic E-state index is -0.0106. The summed E-state index contributed by atoms with van der Waals surface area (Å²) in [5.74, 6) is 0.808. The molecule has 0 saturated carbocycles. The Morgan fingerprint density at radius 2 is 2.00 bits per heavy atom. The van der Waals surface area contributed by atoms with E-state index in [4.69, 9.17) is 4.52 Å². The van der Waals surface area contributed by atoms with Gasteiger partial charge in [-0.25, -0.2) is 0 Å². The summed E-state index contributed by atoms with van der Waals surface area (Å²) in [5.41, 5.74) is 2.75. The van der Waals surface area contributed by atoms with Gasteiger partial charge in [-0.2, -0.15) is 0 Å². The number of nitrogens with zero attached hydrogens (tertiary/aromatic N) is 1. The molecule has 2 rings (SSSR count). The lowest BCUT2D eigenvalue weighted by molar-refractivity contribution is -0.116. The molecule has 5 nitrogen and oxygen atoms in total. The van der Waals surface area contributed by atoms with Crippen molar-refractivity contribution in [2.75, 3.05) is 11.9 Å². The van der Waals surface area contributed by atoms with Gasteiger partial charge in [0.25, 0.3) is 0 Å². The normalized spacial score (nSPS) is 10.6. The Hall–Kier alpha value is -1.66. The smallest absolute Gasteiger partial charge is 0.225 e. The Labute approximate surface area is 132 Å². The molecule has 1 aromatic heterocycles. The Bertz CT molecular complexity index is 588. The highest BCUT2D eigenvalue weighted by Gasteiger charge is 2.08. The second-order valence-corrected chi connectivity index (χ2v) is 5.70. The number of amides is 1. The van der Waals surface area contributed by atoms with E-state index in [1.54, 1.807) is 0 Å². The van der Waals surface area contributed by atoms with E-state index in [0.29, 0.717) is 19.5 Å². The van der Waals surface area contributed by atoms with Crippen molar-refractivity contribution >= 4 is 27.5 Å². The van der Waals surface area contributed by atoms with Crippen LogP contribution < -0.4 is 10.6 Å². The summed E-state index contributed by atoms with van der Waals surface area (Å²) in [6.07, 6.45) is 0.416. The van der Waals surface area contributed by atoms with Crippen LogP contribution in [0, 0.1) is 13.8 Å². The first-order valence-electron chi connectivity index (χ1n) is 6.74. The van der Waals surface area contributed by atoms with Gasteiger partial charge in [0.15, 0.2) is 0 Å². The topological polar surface area (TPSA) is 67.2 Å². The molecule has 0 unspecified atom stereocenters. The van der Waals surface area contributed by atoms with Gasteiger partial charge in [-0.05, 0) is 38.1 Å². The first kappa shape index (κ1) is 15.7. The third-order valence-corrected chi connectivity index (χ3v) is 3.67. The predicted molar refractivity (Wildman–Crippen MR) is 85.1 cm³/mol. The standard InChI is InChI=1S/C15H18BrN3O2/c1-10-14(11(2)21-19-10)9-17-8-7-15(20)18-13-5-3-12(16)4-6-13/h3-6,17H,7-9H2,1-2H3,(H,18,20). The number of carbonyl (C=O) groups excluding carboxylic acids is 1. The number of nitrogens with one attached hydrogen (secondary N) is 2. The van der Waals surface area contributed by atoms with Gasteiger partial charge in [-0.3, -0.25) is 4.79 Å². The number of benzene rings is 1. The van der Waals surface area contributed by atoms with E-state index in [9.17, 15) is 4.79 Å². The molecule has 2 N–H and O–H groups in total. The molecule has 0 aliphatic heterocycles. The van der Waals surface area contributed by atoms with Gasteiger partial charge < -0.3 is 15.2 Å². The predicted octanol–water partition coefficient (Wildman–Crippen LogP) is 3.17. The van der Waals surface area contributed by atoms with Gasteiger partial charge in [-0.15, -0.1) is 0 Å². The van der Waals surface area contributed by atoms with Crippen LogP contribution in [-0.2, 0) is 11.3 Å². The van der Waals surface area contributed by atoms with Gasteiger partial charge in [-0.1, -0.05) is 21.1 Å². The maximum atomic E-state index is 11.8. The zero-order chi connectivity index (χ0) is 15.2. The molecular formula is C15H18BrN3O2. The quantitative estimate of drug-likeness (QED) is 0.784. The van der Waals surface area contributed by atoms with Gasteiger partial charge >= 0.3 is 0 Å². The van der Waals surface area contributed by atoms with Gasteiger partial charge in [0.1, 0.15) is 5.76 Å². The Balaban J connectivity index is 1.71. The van der Waals surface area contributed by atoms with Crippen LogP contribution in [0.3, 0.4) is 0 Å². The van der Waals surface area contributed by atoms with E-state index in [1.165, 1.54) is 0 Å². The zero-order valence-corrected chi connectivity index (χ0v) is 13.7. The summed E-state index contributed by atoms with van der Waals surface area (Å²) in [5, 5.41) is 9.98. The molecule has 1 heterocycles. The first-order valence-corrected chi connectivity index (χ1v) is 7.53. The van der Waals surface area contributed by atoms with Crippen molar-refractivity contribution in [3.63, 3.8) is 0 Å². The molecule has 1 amide bonds. The van der Waals surface area contributed by atoms with Crippen LogP contribution in [0.4, 0.5) is 5.69 Å². The fraction of sp³-hybridized carbons (Fsp3) is 0.333. The van der Waals surface area contributed by atoms with Crippen LogP contribution in [0.2, 0.25) is 0 Å². The lowest BCUT2D eigenvalue weighted by atomic mass is 10.2. The number of aromatic nitrogens is 1. The third kappa shape index (κ3) is 4.68. The van der Waals surface area contributed by atoms with E-state index >= 15 is 0 Å². The van der Waals surface area contributed by atoms with Crippen molar-refractivity contribution in [2.45, 2.75) is 26.8 Å². The fourth-order valence-electron chi connectivity index (χ4n) is 1.93. The minimum Gasteiger partial charge on any atom is -0.361 e. The average Bonchev–Trinajstić information content (AvgIpc) is 2.77. The maximum absolute atomic E-state index is 11.8. The number of anilines is 1. The Morgan fingerprint density at radius 1 is 1.29 bits per heavy atom. The Kier molecular flexibility index (Phi) is 5.52. The Morgan fingerprint density at radius 3 is 2.62 bits per heavy atom. The van der Waals surface area contributed by atoms with Crippen LogP contribution in [0.25, 0.3) is 0 Å². The van der Waals surface area contributed by atoms with Crippen LogP contribution >= 0.6 is 15.9 Å². The summed E-state index contributed by atoms with van der Waals surface area (Å²) in [7, 11) is 0. The molecule has 0 aliphatic rings. The van der Waals surface area contributed by atoms with Crippen LogP contribution in [0.1, 0.15) is 23.4 Å². The number of aryl methyl sites for hydroxylation is 2. The highest BCUT2D eigenvalue weighted by molar-refractivity contribution is 9.10. The molecular weight excluding hydrogens is 334 g/mol. The van der Waals surface area contributed by atoms with Crippen molar-refractivity contribution in [1.29, 1.82) is 0 Å². The highest BCUT2D eigenvalue weighted by Crippen LogP contribution is 2.14. The summed E-state index contributed by atoms with van der Waals surface area (Å²) in [6.45, 7) is 5.06. The molecule has 21 heavy (non-hydrogen) atoms. The largest absolute Gasteiger partial charge is 0.361 e. The number of hydrogen-bond donors (Lipinski definition) is 2. The van der Waals surface area contributed by atoms with Gasteiger partial charge in [0, 0.05) is 35.2 Å². The zero-order valence-electron chi connectivity index (χ0n) is 12.1. The summed E-state index contributed by atoms with van der Waals surface area (Å²) >= 11 is 3.36. The SMILES string of the molecule is Cc1noc(C)c1CNCCC(=O)Nc1ccc(Br)cc1. The number of halogens is 1. The summed E-state index contributed by atoms with van der Waals surface area (Å²) < 4.78 is 6.08. The van der Waals surface area contributed by atoms with Crippen molar-refractivity contribution in [2.24, 2.45) is 0 Å². The fourth-order valence-corrected chi connectivity index (χ4v) is 2.19. The lowest BCUT2D eigenvalue weighted by Crippen LogP contribution is -2.21. The van der Waals surface area contributed by atoms with E-state index < -0.39 is 0 Å². The first-order chi connectivity index (χ1) is 10.1.